The van der Waals surface area contributed by atoms with Crippen LogP contribution in [0.4, 0.5) is 5.82 Å². The van der Waals surface area contributed by atoms with Gasteiger partial charge in [0.2, 0.25) is 0 Å². The predicted octanol–water partition coefficient (Wildman–Crippen LogP) is 0.481. The summed E-state index contributed by atoms with van der Waals surface area (Å²) in [4.78, 5) is 3.94. The van der Waals surface area contributed by atoms with Gasteiger partial charge in [0, 0.05) is 32.4 Å². The Labute approximate surface area is 90.6 Å². The molecule has 1 aromatic rings. The minimum absolute atomic E-state index is 0.571. The van der Waals surface area contributed by atoms with Crippen LogP contribution in [0.1, 0.15) is 13.3 Å². The molecule has 1 aromatic heterocycles. The summed E-state index contributed by atoms with van der Waals surface area (Å²) in [6, 6.07) is 0. The van der Waals surface area contributed by atoms with Crippen LogP contribution >= 0.6 is 0 Å². The number of hydrogen-bond donors (Lipinski definition) is 2. The summed E-state index contributed by atoms with van der Waals surface area (Å²) in [5.74, 6) is 0.571. The minimum atomic E-state index is 0.571. The van der Waals surface area contributed by atoms with E-state index in [1.54, 1.807) is 6.33 Å². The van der Waals surface area contributed by atoms with Crippen LogP contribution in [-0.4, -0.2) is 35.9 Å². The van der Waals surface area contributed by atoms with Crippen molar-refractivity contribution in [1.82, 2.24) is 14.9 Å². The van der Waals surface area contributed by atoms with Crippen molar-refractivity contribution >= 4 is 5.82 Å². The number of nitrogens with one attached hydrogen (secondary N) is 1. The molecule has 5 heteroatoms. The highest BCUT2D eigenvalue weighted by atomic mass is 16.5. The Morgan fingerprint density at radius 3 is 3.00 bits per heavy atom. The fraction of sp³-hybridized carbons (Fsp3) is 0.700. The topological polar surface area (TPSA) is 65.1 Å². The number of aromatic nitrogens is 2. The van der Waals surface area contributed by atoms with Gasteiger partial charge in [-0.3, -0.25) is 0 Å². The maximum absolute atomic E-state index is 5.49. The lowest BCUT2D eigenvalue weighted by molar-refractivity contribution is 0.136. The number of ether oxygens (including phenoxy) is 1. The average Bonchev–Trinajstić information content (AvgIpc) is 2.63. The lowest BCUT2D eigenvalue weighted by Crippen LogP contribution is -2.23. The number of nitrogens with two attached hydrogens (primary N) is 1. The molecular weight excluding hydrogens is 192 g/mol. The molecule has 15 heavy (non-hydrogen) atoms. The Bertz CT molecular complexity index is 262. The SMILES string of the molecule is CCCOCCNCCn1cnc(N)c1. The molecule has 0 aliphatic carbocycles. The molecule has 0 aliphatic heterocycles. The maximum Gasteiger partial charge on any atom is 0.141 e. The third-order valence-corrected chi connectivity index (χ3v) is 1.97. The molecule has 0 amide bonds. The molecule has 1 rings (SSSR count). The van der Waals surface area contributed by atoms with Crippen molar-refractivity contribution in [2.24, 2.45) is 0 Å². The number of anilines is 1. The van der Waals surface area contributed by atoms with Gasteiger partial charge in [-0.2, -0.15) is 0 Å². The van der Waals surface area contributed by atoms with Gasteiger partial charge >= 0.3 is 0 Å². The number of rotatable bonds is 8. The van der Waals surface area contributed by atoms with Crippen molar-refractivity contribution in [2.45, 2.75) is 19.9 Å². The Balaban J connectivity index is 1.93. The molecule has 0 unspecified atom stereocenters. The summed E-state index contributed by atoms with van der Waals surface area (Å²) in [5, 5.41) is 3.29. The standard InChI is InChI=1S/C10H20N4O/c1-2-6-15-7-4-12-3-5-14-8-10(11)13-9-14/h8-9,12H,2-7,11H2,1H3. The smallest absolute Gasteiger partial charge is 0.141 e. The van der Waals surface area contributed by atoms with Gasteiger partial charge in [-0.15, -0.1) is 0 Å². The zero-order valence-corrected chi connectivity index (χ0v) is 9.28. The molecule has 0 bridgehead atoms. The van der Waals surface area contributed by atoms with Gasteiger partial charge in [-0.25, -0.2) is 4.98 Å². The van der Waals surface area contributed by atoms with Gasteiger partial charge in [0.25, 0.3) is 0 Å². The van der Waals surface area contributed by atoms with Gasteiger partial charge in [-0.05, 0) is 6.42 Å². The van der Waals surface area contributed by atoms with E-state index in [9.17, 15) is 0 Å². The summed E-state index contributed by atoms with van der Waals surface area (Å²) in [7, 11) is 0. The van der Waals surface area contributed by atoms with Crippen molar-refractivity contribution in [3.05, 3.63) is 12.5 Å². The van der Waals surface area contributed by atoms with E-state index in [0.717, 1.165) is 39.3 Å². The molecule has 0 aliphatic rings. The molecular formula is C10H20N4O. The molecule has 0 spiro atoms. The molecule has 5 nitrogen and oxygen atoms in total. The molecule has 86 valence electrons. The largest absolute Gasteiger partial charge is 0.382 e. The Morgan fingerprint density at radius 1 is 1.47 bits per heavy atom. The van der Waals surface area contributed by atoms with Crippen LogP contribution in [0.25, 0.3) is 0 Å². The summed E-state index contributed by atoms with van der Waals surface area (Å²) in [6.45, 7) is 6.42. The molecule has 0 aromatic carbocycles. The fourth-order valence-electron chi connectivity index (χ4n) is 1.22. The number of nitrogen functional groups attached to an aromatic ring is 1. The van der Waals surface area contributed by atoms with E-state index < -0.39 is 0 Å². The second-order valence-corrected chi connectivity index (χ2v) is 3.40. The molecule has 1 heterocycles. The third-order valence-electron chi connectivity index (χ3n) is 1.97. The highest BCUT2D eigenvalue weighted by Crippen LogP contribution is 1.94. The summed E-state index contributed by atoms with van der Waals surface area (Å²) >= 11 is 0. The quantitative estimate of drug-likeness (QED) is 0.615. The summed E-state index contributed by atoms with van der Waals surface area (Å²) in [5.41, 5.74) is 5.49. The van der Waals surface area contributed by atoms with Crippen molar-refractivity contribution in [1.29, 1.82) is 0 Å². The van der Waals surface area contributed by atoms with Gasteiger partial charge in [0.05, 0.1) is 12.9 Å². The normalized spacial score (nSPS) is 10.7. The predicted molar refractivity (Wildman–Crippen MR) is 60.6 cm³/mol. The summed E-state index contributed by atoms with van der Waals surface area (Å²) < 4.78 is 7.31. The molecule has 3 N–H and O–H groups in total. The average molecular weight is 212 g/mol. The summed E-state index contributed by atoms with van der Waals surface area (Å²) in [6.07, 6.45) is 4.65. The van der Waals surface area contributed by atoms with Gasteiger partial charge in [-0.1, -0.05) is 6.92 Å². The molecule has 0 radical (unpaired) electrons. The van der Waals surface area contributed by atoms with E-state index in [4.69, 9.17) is 10.5 Å². The number of nitrogens with zero attached hydrogens (tertiary/aromatic N) is 2. The van der Waals surface area contributed by atoms with Crippen molar-refractivity contribution in [3.63, 3.8) is 0 Å². The van der Waals surface area contributed by atoms with Crippen LogP contribution in [0, 0.1) is 0 Å². The maximum atomic E-state index is 5.49. The van der Waals surface area contributed by atoms with E-state index in [-0.39, 0.29) is 0 Å². The zero-order chi connectivity index (χ0) is 10.9. The van der Waals surface area contributed by atoms with Crippen LogP contribution in [-0.2, 0) is 11.3 Å². The van der Waals surface area contributed by atoms with E-state index in [1.165, 1.54) is 0 Å². The Hall–Kier alpha value is -1.07. The molecule has 0 atom stereocenters. The molecule has 0 fully saturated rings. The van der Waals surface area contributed by atoms with E-state index in [2.05, 4.69) is 17.2 Å². The van der Waals surface area contributed by atoms with Crippen LogP contribution < -0.4 is 11.1 Å². The van der Waals surface area contributed by atoms with Crippen LogP contribution in [0.2, 0.25) is 0 Å². The van der Waals surface area contributed by atoms with Crippen molar-refractivity contribution in [3.8, 4) is 0 Å². The van der Waals surface area contributed by atoms with Gasteiger partial charge < -0.3 is 20.4 Å². The number of hydrogen-bond acceptors (Lipinski definition) is 4. The third kappa shape index (κ3) is 5.39. The first-order valence-electron chi connectivity index (χ1n) is 5.38. The Morgan fingerprint density at radius 2 is 2.33 bits per heavy atom. The fourth-order valence-corrected chi connectivity index (χ4v) is 1.22. The zero-order valence-electron chi connectivity index (χ0n) is 9.28. The van der Waals surface area contributed by atoms with Crippen LogP contribution in [0.5, 0.6) is 0 Å². The van der Waals surface area contributed by atoms with Crippen LogP contribution in [0.15, 0.2) is 12.5 Å². The van der Waals surface area contributed by atoms with E-state index in [1.807, 2.05) is 10.8 Å². The van der Waals surface area contributed by atoms with Gasteiger partial charge in [0.15, 0.2) is 0 Å². The van der Waals surface area contributed by atoms with Gasteiger partial charge in [0.1, 0.15) is 5.82 Å². The monoisotopic (exact) mass is 212 g/mol. The first-order valence-corrected chi connectivity index (χ1v) is 5.38. The lowest BCUT2D eigenvalue weighted by Gasteiger charge is -2.05. The second-order valence-electron chi connectivity index (χ2n) is 3.40. The first kappa shape index (κ1) is 12.0. The lowest BCUT2D eigenvalue weighted by atomic mass is 10.5. The van der Waals surface area contributed by atoms with Crippen LogP contribution in [0.3, 0.4) is 0 Å². The van der Waals surface area contributed by atoms with Crippen molar-refractivity contribution < 1.29 is 4.74 Å². The van der Waals surface area contributed by atoms with E-state index in [0.29, 0.717) is 5.82 Å². The first-order chi connectivity index (χ1) is 7.33. The number of imidazole rings is 1. The highest BCUT2D eigenvalue weighted by Gasteiger charge is 1.93. The minimum Gasteiger partial charge on any atom is -0.382 e. The molecule has 0 saturated heterocycles. The van der Waals surface area contributed by atoms with Crippen molar-refractivity contribution in [2.75, 3.05) is 32.0 Å². The highest BCUT2D eigenvalue weighted by molar-refractivity contribution is 5.22. The Kier molecular flexibility index (Phi) is 5.80. The van der Waals surface area contributed by atoms with E-state index >= 15 is 0 Å². The second kappa shape index (κ2) is 7.25. The molecule has 0 saturated carbocycles.